The summed E-state index contributed by atoms with van der Waals surface area (Å²) < 4.78 is 31.4. The third-order valence-corrected chi connectivity index (χ3v) is 4.72. The standard InChI is InChI=1S/C10H20N2O4S/c1-4-16-10(13)9-7-5-6-8-12(9)17(14,15)11(2)3/h9H,4-8H2,1-3H3. The molecule has 0 N–H and O–H groups in total. The molecular weight excluding hydrogens is 244 g/mol. The van der Waals surface area contributed by atoms with Crippen molar-refractivity contribution in [2.24, 2.45) is 0 Å². The van der Waals surface area contributed by atoms with E-state index in [1.54, 1.807) is 6.92 Å². The van der Waals surface area contributed by atoms with E-state index in [-0.39, 0.29) is 6.61 Å². The van der Waals surface area contributed by atoms with E-state index in [1.165, 1.54) is 18.4 Å². The van der Waals surface area contributed by atoms with Gasteiger partial charge in [0.1, 0.15) is 6.04 Å². The molecule has 1 aliphatic heterocycles. The van der Waals surface area contributed by atoms with Gasteiger partial charge in [-0.25, -0.2) is 0 Å². The topological polar surface area (TPSA) is 66.9 Å². The van der Waals surface area contributed by atoms with Crippen molar-refractivity contribution in [1.82, 2.24) is 8.61 Å². The van der Waals surface area contributed by atoms with Crippen LogP contribution in [-0.4, -0.2) is 56.3 Å². The van der Waals surface area contributed by atoms with Gasteiger partial charge in [-0.1, -0.05) is 0 Å². The Hall–Kier alpha value is -0.660. The molecule has 0 radical (unpaired) electrons. The highest BCUT2D eigenvalue weighted by atomic mass is 32.2. The normalized spacial score (nSPS) is 22.7. The van der Waals surface area contributed by atoms with Crippen LogP contribution in [0.1, 0.15) is 26.2 Å². The molecule has 6 nitrogen and oxygen atoms in total. The number of rotatable bonds is 4. The van der Waals surface area contributed by atoms with Gasteiger partial charge < -0.3 is 4.74 Å². The van der Waals surface area contributed by atoms with Crippen molar-refractivity contribution in [3.8, 4) is 0 Å². The van der Waals surface area contributed by atoms with Crippen molar-refractivity contribution in [1.29, 1.82) is 0 Å². The van der Waals surface area contributed by atoms with Gasteiger partial charge in [-0.15, -0.1) is 0 Å². The highest BCUT2D eigenvalue weighted by molar-refractivity contribution is 7.86. The third kappa shape index (κ3) is 3.17. The summed E-state index contributed by atoms with van der Waals surface area (Å²) in [4.78, 5) is 11.7. The predicted octanol–water partition coefficient (Wildman–Crippen LogP) is 0.210. The first-order chi connectivity index (χ1) is 7.91. The van der Waals surface area contributed by atoms with Gasteiger partial charge in [-0.05, 0) is 26.2 Å². The SMILES string of the molecule is CCOC(=O)C1CCCCN1S(=O)(=O)N(C)C. The number of carbonyl (C=O) groups excluding carboxylic acids is 1. The second kappa shape index (κ2) is 5.79. The van der Waals surface area contributed by atoms with Crippen molar-refractivity contribution in [3.05, 3.63) is 0 Å². The number of esters is 1. The number of hydrogen-bond acceptors (Lipinski definition) is 4. The highest BCUT2D eigenvalue weighted by Gasteiger charge is 2.38. The highest BCUT2D eigenvalue weighted by Crippen LogP contribution is 2.22. The molecule has 17 heavy (non-hydrogen) atoms. The number of piperidine rings is 1. The summed E-state index contributed by atoms with van der Waals surface area (Å²) in [5.74, 6) is -0.447. The second-order valence-electron chi connectivity index (χ2n) is 4.16. The van der Waals surface area contributed by atoms with Gasteiger partial charge in [0.25, 0.3) is 10.2 Å². The quantitative estimate of drug-likeness (QED) is 0.681. The predicted molar refractivity (Wildman–Crippen MR) is 63.6 cm³/mol. The lowest BCUT2D eigenvalue weighted by Gasteiger charge is -2.34. The maximum atomic E-state index is 12.0. The molecule has 1 heterocycles. The average Bonchev–Trinajstić information content (AvgIpc) is 2.29. The van der Waals surface area contributed by atoms with E-state index in [2.05, 4.69) is 0 Å². The number of carbonyl (C=O) groups is 1. The van der Waals surface area contributed by atoms with Crippen molar-refractivity contribution in [2.45, 2.75) is 32.2 Å². The maximum absolute atomic E-state index is 12.0. The first kappa shape index (κ1) is 14.4. The minimum absolute atomic E-state index is 0.269. The van der Waals surface area contributed by atoms with Crippen LogP contribution in [-0.2, 0) is 19.7 Å². The second-order valence-corrected chi connectivity index (χ2v) is 6.26. The molecule has 1 aliphatic rings. The van der Waals surface area contributed by atoms with E-state index in [0.717, 1.165) is 17.1 Å². The van der Waals surface area contributed by atoms with E-state index < -0.39 is 22.2 Å². The molecule has 0 spiro atoms. The molecular formula is C10H20N2O4S. The smallest absolute Gasteiger partial charge is 0.324 e. The van der Waals surface area contributed by atoms with E-state index in [9.17, 15) is 13.2 Å². The fraction of sp³-hybridized carbons (Fsp3) is 0.900. The molecule has 1 rings (SSSR count). The molecule has 100 valence electrons. The van der Waals surface area contributed by atoms with Crippen LogP contribution in [0.2, 0.25) is 0 Å². The van der Waals surface area contributed by atoms with E-state index in [1.807, 2.05) is 0 Å². The van der Waals surface area contributed by atoms with Crippen molar-refractivity contribution < 1.29 is 17.9 Å². The molecule has 0 bridgehead atoms. The van der Waals surface area contributed by atoms with Crippen LogP contribution >= 0.6 is 0 Å². The van der Waals surface area contributed by atoms with Crippen LogP contribution in [0.15, 0.2) is 0 Å². The number of nitrogens with zero attached hydrogens (tertiary/aromatic N) is 2. The molecule has 1 unspecified atom stereocenters. The summed E-state index contributed by atoms with van der Waals surface area (Å²) in [5.41, 5.74) is 0. The first-order valence-corrected chi connectivity index (χ1v) is 7.17. The molecule has 0 aromatic heterocycles. The van der Waals surface area contributed by atoms with Crippen LogP contribution in [0.3, 0.4) is 0 Å². The molecule has 0 aromatic carbocycles. The number of hydrogen-bond donors (Lipinski definition) is 0. The largest absolute Gasteiger partial charge is 0.465 e. The zero-order chi connectivity index (χ0) is 13.1. The van der Waals surface area contributed by atoms with Crippen LogP contribution in [0.4, 0.5) is 0 Å². The van der Waals surface area contributed by atoms with Gasteiger partial charge in [0.05, 0.1) is 6.61 Å². The lowest BCUT2D eigenvalue weighted by Crippen LogP contribution is -2.52. The molecule has 0 aliphatic carbocycles. The fourth-order valence-electron chi connectivity index (χ4n) is 1.86. The summed E-state index contributed by atoms with van der Waals surface area (Å²) in [6.45, 7) is 2.36. The molecule has 0 amide bonds. The lowest BCUT2D eigenvalue weighted by molar-refractivity contribution is -0.148. The Morgan fingerprint density at radius 1 is 1.41 bits per heavy atom. The lowest BCUT2D eigenvalue weighted by atomic mass is 10.1. The summed E-state index contributed by atoms with van der Waals surface area (Å²) in [6.07, 6.45) is 2.16. The third-order valence-electron chi connectivity index (χ3n) is 2.77. The van der Waals surface area contributed by atoms with E-state index in [4.69, 9.17) is 4.74 Å². The van der Waals surface area contributed by atoms with Crippen LogP contribution < -0.4 is 0 Å². The monoisotopic (exact) mass is 264 g/mol. The minimum Gasteiger partial charge on any atom is -0.465 e. The van der Waals surface area contributed by atoms with Gasteiger partial charge in [-0.2, -0.15) is 17.0 Å². The van der Waals surface area contributed by atoms with Crippen LogP contribution in [0.5, 0.6) is 0 Å². The van der Waals surface area contributed by atoms with Gasteiger partial charge >= 0.3 is 5.97 Å². The van der Waals surface area contributed by atoms with Crippen molar-refractivity contribution in [3.63, 3.8) is 0 Å². The molecule has 7 heteroatoms. The molecule has 0 aromatic rings. The molecule has 1 saturated heterocycles. The van der Waals surface area contributed by atoms with Crippen molar-refractivity contribution in [2.75, 3.05) is 27.2 Å². The minimum atomic E-state index is -3.55. The van der Waals surface area contributed by atoms with Crippen LogP contribution in [0, 0.1) is 0 Å². The molecule has 0 saturated carbocycles. The Kier molecular flexibility index (Phi) is 4.91. The molecule has 1 atom stereocenters. The van der Waals surface area contributed by atoms with Crippen LogP contribution in [0.25, 0.3) is 0 Å². The zero-order valence-corrected chi connectivity index (χ0v) is 11.4. The first-order valence-electron chi connectivity index (χ1n) is 5.77. The fourth-order valence-corrected chi connectivity index (χ4v) is 3.16. The van der Waals surface area contributed by atoms with Gasteiger partial charge in [0.2, 0.25) is 0 Å². The average molecular weight is 264 g/mol. The Balaban J connectivity index is 2.90. The van der Waals surface area contributed by atoms with Gasteiger partial charge in [0, 0.05) is 20.6 Å². The Morgan fingerprint density at radius 3 is 2.59 bits per heavy atom. The summed E-state index contributed by atoms with van der Waals surface area (Å²) in [6, 6.07) is -0.670. The Bertz CT molecular complexity index is 367. The summed E-state index contributed by atoms with van der Waals surface area (Å²) >= 11 is 0. The van der Waals surface area contributed by atoms with Gasteiger partial charge in [-0.3, -0.25) is 4.79 Å². The molecule has 1 fully saturated rings. The van der Waals surface area contributed by atoms with E-state index >= 15 is 0 Å². The summed E-state index contributed by atoms with van der Waals surface area (Å²) in [5, 5.41) is 0. The van der Waals surface area contributed by atoms with Crippen molar-refractivity contribution >= 4 is 16.2 Å². The Labute approximate surface area is 103 Å². The number of ether oxygens (including phenoxy) is 1. The maximum Gasteiger partial charge on any atom is 0.324 e. The zero-order valence-electron chi connectivity index (χ0n) is 10.5. The van der Waals surface area contributed by atoms with Gasteiger partial charge in [0.15, 0.2) is 0 Å². The van der Waals surface area contributed by atoms with E-state index in [0.29, 0.717) is 13.0 Å². The Morgan fingerprint density at radius 2 is 2.06 bits per heavy atom. The summed E-state index contributed by atoms with van der Waals surface area (Å²) in [7, 11) is -0.618.